The van der Waals surface area contributed by atoms with Crippen molar-refractivity contribution in [1.82, 2.24) is 0 Å². The Kier molecular flexibility index (Phi) is 5.16. The summed E-state index contributed by atoms with van der Waals surface area (Å²) < 4.78 is 0. The lowest BCUT2D eigenvalue weighted by molar-refractivity contribution is 1.48. The third-order valence-corrected chi connectivity index (χ3v) is 10.3. The molecule has 0 aliphatic carbocycles. The molecule has 0 fully saturated rings. The van der Waals surface area contributed by atoms with Gasteiger partial charge in [-0.05, 0) is 67.8 Å². The Morgan fingerprint density at radius 3 is 1.07 bits per heavy atom. The smallest absolute Gasteiger partial charge is 0.0620 e. The summed E-state index contributed by atoms with van der Waals surface area (Å²) in [6, 6.07) is 37.9. The van der Waals surface area contributed by atoms with Crippen LogP contribution in [0.2, 0.25) is 0 Å². The number of aryl methyl sites for hydroxylation is 3. The third-order valence-electron chi connectivity index (χ3n) is 5.57. The predicted molar refractivity (Wildman–Crippen MR) is 125 cm³/mol. The summed E-state index contributed by atoms with van der Waals surface area (Å²) in [4.78, 5) is 0. The first-order valence-electron chi connectivity index (χ1n) is 9.79. The Morgan fingerprint density at radius 2 is 0.714 bits per heavy atom. The van der Waals surface area contributed by atoms with Gasteiger partial charge < -0.3 is 0 Å². The highest BCUT2D eigenvalue weighted by Gasteiger charge is 2.50. The lowest BCUT2D eigenvalue weighted by Crippen LogP contribution is -2.41. The minimum atomic E-state index is -2.02. The van der Waals surface area contributed by atoms with Gasteiger partial charge in [-0.25, -0.2) is 0 Å². The first-order chi connectivity index (χ1) is 13.7. The maximum Gasteiger partial charge on any atom is 0.145 e. The molecule has 4 rings (SSSR count). The summed E-state index contributed by atoms with van der Waals surface area (Å²) in [5, 5.41) is 5.76. The van der Waals surface area contributed by atoms with Crippen molar-refractivity contribution in [3.8, 4) is 0 Å². The first-order valence-corrected chi connectivity index (χ1v) is 11.6. The Bertz CT molecular complexity index is 985. The Labute approximate surface area is 169 Å². The fourth-order valence-corrected chi connectivity index (χ4v) is 9.25. The Morgan fingerprint density at radius 1 is 0.393 bits per heavy atom. The van der Waals surface area contributed by atoms with Crippen LogP contribution in [0.4, 0.5) is 0 Å². The van der Waals surface area contributed by atoms with E-state index in [1.165, 1.54) is 37.9 Å². The molecular formula is C27H26P+. The summed E-state index contributed by atoms with van der Waals surface area (Å²) >= 11 is 0. The number of hydrogen-bond acceptors (Lipinski definition) is 0. The molecule has 4 aromatic rings. The molecule has 0 unspecified atom stereocenters. The first kappa shape index (κ1) is 18.7. The van der Waals surface area contributed by atoms with Crippen LogP contribution < -0.4 is 21.2 Å². The molecule has 0 spiro atoms. The molecule has 28 heavy (non-hydrogen) atoms. The second-order valence-corrected chi connectivity index (χ2v) is 10.7. The molecule has 0 atom stereocenters. The lowest BCUT2D eigenvalue weighted by atomic mass is 10.2. The second-order valence-electron chi connectivity index (χ2n) is 7.37. The van der Waals surface area contributed by atoms with E-state index in [0.29, 0.717) is 0 Å². The van der Waals surface area contributed by atoms with E-state index in [9.17, 15) is 0 Å². The second kappa shape index (κ2) is 7.74. The Balaban J connectivity index is 2.24. The van der Waals surface area contributed by atoms with E-state index in [1.54, 1.807) is 0 Å². The van der Waals surface area contributed by atoms with Crippen molar-refractivity contribution < 1.29 is 0 Å². The minimum absolute atomic E-state index is 1.35. The van der Waals surface area contributed by atoms with Gasteiger partial charge in [0, 0.05) is 0 Å². The molecule has 0 saturated carbocycles. The molecular weight excluding hydrogens is 355 g/mol. The summed E-state index contributed by atoms with van der Waals surface area (Å²) in [7, 11) is -2.02. The molecule has 0 saturated heterocycles. The zero-order valence-corrected chi connectivity index (χ0v) is 17.7. The van der Waals surface area contributed by atoms with Gasteiger partial charge in [0.15, 0.2) is 0 Å². The van der Waals surface area contributed by atoms with E-state index in [4.69, 9.17) is 0 Å². The molecule has 0 aliphatic rings. The maximum atomic E-state index is 2.34. The molecule has 138 valence electrons. The van der Waals surface area contributed by atoms with Crippen LogP contribution in [0.5, 0.6) is 0 Å². The summed E-state index contributed by atoms with van der Waals surface area (Å²) in [6.07, 6.45) is 0. The van der Waals surface area contributed by atoms with Crippen molar-refractivity contribution in [2.45, 2.75) is 20.8 Å². The minimum Gasteiger partial charge on any atom is -0.0620 e. The highest BCUT2D eigenvalue weighted by atomic mass is 31.2. The maximum absolute atomic E-state index is 2.34. The van der Waals surface area contributed by atoms with Gasteiger partial charge in [-0.15, -0.1) is 0 Å². The Hall–Kier alpha value is -2.69. The quantitative estimate of drug-likeness (QED) is 0.425. The van der Waals surface area contributed by atoms with Crippen LogP contribution in [-0.4, -0.2) is 0 Å². The number of hydrogen-bond donors (Lipinski definition) is 0. The highest BCUT2D eigenvalue weighted by molar-refractivity contribution is 8.01. The van der Waals surface area contributed by atoms with Crippen LogP contribution in [0.3, 0.4) is 0 Å². The van der Waals surface area contributed by atoms with Gasteiger partial charge in [0.05, 0.1) is 0 Å². The van der Waals surface area contributed by atoms with E-state index in [2.05, 4.69) is 124 Å². The standard InChI is InChI=1S/C27H26P/c1-21-13-7-10-18-25(21)28(24-16-5-4-6-17-24,26-19-11-8-14-22(26)2)27-20-12-9-15-23(27)3/h4-20H,1-3H3/q+1. The summed E-state index contributed by atoms with van der Waals surface area (Å²) in [5.74, 6) is 0. The topological polar surface area (TPSA) is 0 Å². The van der Waals surface area contributed by atoms with E-state index in [0.717, 1.165) is 0 Å². The van der Waals surface area contributed by atoms with Crippen LogP contribution in [0, 0.1) is 20.8 Å². The molecule has 0 heterocycles. The molecule has 0 aromatic heterocycles. The van der Waals surface area contributed by atoms with Crippen molar-refractivity contribution in [2.24, 2.45) is 0 Å². The number of benzene rings is 4. The molecule has 0 radical (unpaired) electrons. The monoisotopic (exact) mass is 381 g/mol. The molecule has 1 heteroatoms. The zero-order chi connectivity index (χ0) is 19.6. The SMILES string of the molecule is Cc1ccccc1[P+](c1ccccc1)(c1ccccc1C)c1ccccc1C. The normalized spacial score (nSPS) is 11.4. The average Bonchev–Trinajstić information content (AvgIpc) is 2.73. The van der Waals surface area contributed by atoms with Crippen LogP contribution in [0.15, 0.2) is 103 Å². The summed E-state index contributed by atoms with van der Waals surface area (Å²) in [6.45, 7) is 6.76. The van der Waals surface area contributed by atoms with Crippen LogP contribution in [0.1, 0.15) is 16.7 Å². The molecule has 0 N–H and O–H groups in total. The zero-order valence-electron chi connectivity index (χ0n) is 16.8. The molecule has 0 aliphatic heterocycles. The van der Waals surface area contributed by atoms with Crippen LogP contribution >= 0.6 is 7.26 Å². The van der Waals surface area contributed by atoms with E-state index in [-0.39, 0.29) is 0 Å². The summed E-state index contributed by atoms with van der Waals surface area (Å²) in [5.41, 5.74) is 4.06. The lowest BCUT2D eigenvalue weighted by Gasteiger charge is -2.30. The van der Waals surface area contributed by atoms with Crippen molar-refractivity contribution in [2.75, 3.05) is 0 Å². The van der Waals surface area contributed by atoms with Crippen molar-refractivity contribution >= 4 is 28.5 Å². The third kappa shape index (κ3) is 2.99. The van der Waals surface area contributed by atoms with Gasteiger partial charge in [0.2, 0.25) is 0 Å². The molecule has 0 bridgehead atoms. The largest absolute Gasteiger partial charge is 0.145 e. The average molecular weight is 381 g/mol. The highest BCUT2D eigenvalue weighted by Crippen LogP contribution is 2.56. The van der Waals surface area contributed by atoms with Crippen LogP contribution in [-0.2, 0) is 0 Å². The van der Waals surface area contributed by atoms with Gasteiger partial charge in [-0.1, -0.05) is 72.8 Å². The van der Waals surface area contributed by atoms with Crippen molar-refractivity contribution in [1.29, 1.82) is 0 Å². The molecule has 4 aromatic carbocycles. The fraction of sp³-hybridized carbons (Fsp3) is 0.111. The molecule has 0 amide bonds. The van der Waals surface area contributed by atoms with E-state index in [1.807, 2.05) is 0 Å². The molecule has 0 nitrogen and oxygen atoms in total. The van der Waals surface area contributed by atoms with Gasteiger partial charge >= 0.3 is 0 Å². The predicted octanol–water partition coefficient (Wildman–Crippen LogP) is 5.23. The van der Waals surface area contributed by atoms with Gasteiger partial charge in [0.1, 0.15) is 28.5 Å². The van der Waals surface area contributed by atoms with Crippen LogP contribution in [0.25, 0.3) is 0 Å². The van der Waals surface area contributed by atoms with Gasteiger partial charge in [0.25, 0.3) is 0 Å². The van der Waals surface area contributed by atoms with E-state index >= 15 is 0 Å². The van der Waals surface area contributed by atoms with Gasteiger partial charge in [-0.2, -0.15) is 0 Å². The van der Waals surface area contributed by atoms with E-state index < -0.39 is 7.26 Å². The number of rotatable bonds is 4. The van der Waals surface area contributed by atoms with Crippen molar-refractivity contribution in [3.05, 3.63) is 120 Å². The van der Waals surface area contributed by atoms with Crippen molar-refractivity contribution in [3.63, 3.8) is 0 Å². The fourth-order valence-electron chi connectivity index (χ4n) is 4.28. The van der Waals surface area contributed by atoms with Gasteiger partial charge in [-0.3, -0.25) is 0 Å².